The Morgan fingerprint density at radius 1 is 1.38 bits per heavy atom. The van der Waals surface area contributed by atoms with E-state index in [2.05, 4.69) is 5.16 Å². The number of hydrogen-bond donors (Lipinski definition) is 1. The van der Waals surface area contributed by atoms with E-state index < -0.39 is 5.97 Å². The molecule has 0 saturated heterocycles. The van der Waals surface area contributed by atoms with Crippen molar-refractivity contribution < 1.29 is 23.6 Å². The Labute approximate surface area is 120 Å². The highest BCUT2D eigenvalue weighted by Crippen LogP contribution is 2.29. The first-order valence-corrected chi connectivity index (χ1v) is 6.68. The van der Waals surface area contributed by atoms with Crippen molar-refractivity contribution in [3.63, 3.8) is 0 Å². The monoisotopic (exact) mass is 290 g/mol. The molecule has 1 aliphatic rings. The lowest BCUT2D eigenvalue weighted by Gasteiger charge is -2.19. The van der Waals surface area contributed by atoms with E-state index in [0.29, 0.717) is 11.5 Å². The van der Waals surface area contributed by atoms with Crippen LogP contribution in [-0.4, -0.2) is 39.6 Å². The normalized spacial score (nSPS) is 14.1. The summed E-state index contributed by atoms with van der Waals surface area (Å²) in [5.41, 5.74) is 0.165. The van der Waals surface area contributed by atoms with Crippen molar-refractivity contribution >= 4 is 11.9 Å². The Bertz CT molecular complexity index is 642. The van der Waals surface area contributed by atoms with Crippen LogP contribution in [0.5, 0.6) is 0 Å². The van der Waals surface area contributed by atoms with E-state index >= 15 is 0 Å². The van der Waals surface area contributed by atoms with E-state index in [-0.39, 0.29) is 30.6 Å². The molecule has 2 heterocycles. The SMILES string of the molecule is O=C(O)CCN(C(=O)c1cc(-c2ccco2)on1)C1CC1. The average molecular weight is 290 g/mol. The standard InChI is InChI=1S/C14H14N2O5/c17-13(18)5-6-16(9-3-4-9)14(19)10-8-12(21-15-10)11-2-1-7-20-11/h1-2,7-9H,3-6H2,(H,17,18). The van der Waals surface area contributed by atoms with Crippen LogP contribution < -0.4 is 0 Å². The summed E-state index contributed by atoms with van der Waals surface area (Å²) in [6, 6.07) is 5.04. The maximum absolute atomic E-state index is 12.4. The van der Waals surface area contributed by atoms with Gasteiger partial charge in [-0.3, -0.25) is 9.59 Å². The molecule has 3 rings (SSSR count). The van der Waals surface area contributed by atoms with Gasteiger partial charge in [-0.2, -0.15) is 0 Å². The quantitative estimate of drug-likeness (QED) is 0.874. The van der Waals surface area contributed by atoms with Crippen molar-refractivity contribution in [2.45, 2.75) is 25.3 Å². The predicted octanol–water partition coefficient (Wildman–Crippen LogP) is 2.01. The van der Waals surface area contributed by atoms with E-state index in [1.54, 1.807) is 17.0 Å². The lowest BCUT2D eigenvalue weighted by Crippen LogP contribution is -2.35. The highest BCUT2D eigenvalue weighted by Gasteiger charge is 2.34. The third-order valence-electron chi connectivity index (χ3n) is 3.31. The molecule has 21 heavy (non-hydrogen) atoms. The van der Waals surface area contributed by atoms with Gasteiger partial charge >= 0.3 is 5.97 Å². The molecule has 0 aromatic carbocycles. The van der Waals surface area contributed by atoms with Gasteiger partial charge in [0.05, 0.1) is 12.7 Å². The van der Waals surface area contributed by atoms with Crippen LogP contribution in [0.1, 0.15) is 29.8 Å². The molecule has 7 heteroatoms. The van der Waals surface area contributed by atoms with E-state index in [0.717, 1.165) is 12.8 Å². The number of carbonyl (C=O) groups excluding carboxylic acids is 1. The Morgan fingerprint density at radius 2 is 2.19 bits per heavy atom. The summed E-state index contributed by atoms with van der Waals surface area (Å²) in [4.78, 5) is 24.6. The zero-order chi connectivity index (χ0) is 14.8. The Balaban J connectivity index is 1.75. The number of carboxylic acids is 1. The molecule has 0 bridgehead atoms. The molecule has 0 spiro atoms. The van der Waals surface area contributed by atoms with Crippen LogP contribution in [0.2, 0.25) is 0 Å². The first-order chi connectivity index (χ1) is 10.1. The highest BCUT2D eigenvalue weighted by atomic mass is 16.5. The van der Waals surface area contributed by atoms with Crippen LogP contribution in [0.15, 0.2) is 33.4 Å². The second-order valence-electron chi connectivity index (χ2n) is 4.93. The van der Waals surface area contributed by atoms with Crippen molar-refractivity contribution in [3.05, 3.63) is 30.2 Å². The van der Waals surface area contributed by atoms with Gasteiger partial charge in [-0.15, -0.1) is 0 Å². The fourth-order valence-electron chi connectivity index (χ4n) is 2.11. The molecule has 110 valence electrons. The van der Waals surface area contributed by atoms with Crippen molar-refractivity contribution in [2.75, 3.05) is 6.54 Å². The minimum absolute atomic E-state index is 0.0782. The topological polar surface area (TPSA) is 96.8 Å². The summed E-state index contributed by atoms with van der Waals surface area (Å²) < 4.78 is 10.3. The minimum atomic E-state index is -0.926. The number of aliphatic carboxylic acids is 1. The van der Waals surface area contributed by atoms with Crippen LogP contribution in [0, 0.1) is 0 Å². The molecule has 2 aromatic rings. The summed E-state index contributed by atoms with van der Waals surface area (Å²) in [5, 5.41) is 12.5. The van der Waals surface area contributed by atoms with Gasteiger partial charge < -0.3 is 18.9 Å². The number of furan rings is 1. The van der Waals surface area contributed by atoms with Gasteiger partial charge in [0.15, 0.2) is 11.5 Å². The molecule has 2 aromatic heterocycles. The summed E-state index contributed by atoms with van der Waals surface area (Å²) in [6.07, 6.45) is 3.22. The van der Waals surface area contributed by atoms with Crippen LogP contribution in [0.4, 0.5) is 0 Å². The summed E-state index contributed by atoms with van der Waals surface area (Å²) >= 11 is 0. The number of nitrogens with zero attached hydrogens (tertiary/aromatic N) is 2. The van der Waals surface area contributed by atoms with E-state index in [1.807, 2.05) is 0 Å². The van der Waals surface area contributed by atoms with Crippen molar-refractivity contribution in [1.82, 2.24) is 10.1 Å². The third kappa shape index (κ3) is 2.96. The van der Waals surface area contributed by atoms with Gasteiger partial charge in [-0.05, 0) is 25.0 Å². The Kier molecular flexibility index (Phi) is 3.47. The van der Waals surface area contributed by atoms with E-state index in [4.69, 9.17) is 14.0 Å². The molecular weight excluding hydrogens is 276 g/mol. The largest absolute Gasteiger partial charge is 0.481 e. The first-order valence-electron chi connectivity index (χ1n) is 6.68. The lowest BCUT2D eigenvalue weighted by atomic mass is 10.2. The van der Waals surface area contributed by atoms with Gasteiger partial charge in [0, 0.05) is 18.7 Å². The van der Waals surface area contributed by atoms with Crippen LogP contribution in [0.3, 0.4) is 0 Å². The van der Waals surface area contributed by atoms with Gasteiger partial charge in [0.2, 0.25) is 5.76 Å². The lowest BCUT2D eigenvalue weighted by molar-refractivity contribution is -0.137. The third-order valence-corrected chi connectivity index (χ3v) is 3.31. The summed E-state index contributed by atoms with van der Waals surface area (Å²) in [7, 11) is 0. The van der Waals surface area contributed by atoms with Crippen LogP contribution in [0.25, 0.3) is 11.5 Å². The van der Waals surface area contributed by atoms with Gasteiger partial charge in [0.1, 0.15) is 0 Å². The number of carboxylic acid groups (broad SMARTS) is 1. The van der Waals surface area contributed by atoms with E-state index in [1.165, 1.54) is 12.3 Å². The van der Waals surface area contributed by atoms with Crippen LogP contribution >= 0.6 is 0 Å². The molecule has 1 fully saturated rings. The zero-order valence-corrected chi connectivity index (χ0v) is 11.2. The molecule has 1 aliphatic carbocycles. The number of carbonyl (C=O) groups is 2. The molecular formula is C14H14N2O5. The molecule has 0 radical (unpaired) electrons. The second-order valence-corrected chi connectivity index (χ2v) is 4.93. The zero-order valence-electron chi connectivity index (χ0n) is 11.2. The second kappa shape index (κ2) is 5.43. The Morgan fingerprint density at radius 3 is 2.81 bits per heavy atom. The molecule has 0 aliphatic heterocycles. The maximum Gasteiger partial charge on any atom is 0.305 e. The minimum Gasteiger partial charge on any atom is -0.481 e. The van der Waals surface area contributed by atoms with Crippen LogP contribution in [-0.2, 0) is 4.79 Å². The number of amides is 1. The van der Waals surface area contributed by atoms with Gasteiger partial charge in [0.25, 0.3) is 5.91 Å². The Hall–Kier alpha value is -2.57. The molecule has 0 unspecified atom stereocenters. The first kappa shape index (κ1) is 13.4. The molecule has 1 saturated carbocycles. The highest BCUT2D eigenvalue weighted by molar-refractivity contribution is 5.93. The van der Waals surface area contributed by atoms with E-state index in [9.17, 15) is 9.59 Å². The predicted molar refractivity (Wildman–Crippen MR) is 70.5 cm³/mol. The number of rotatable bonds is 6. The molecule has 1 N–H and O–H groups in total. The van der Waals surface area contributed by atoms with Gasteiger partial charge in [-0.25, -0.2) is 0 Å². The summed E-state index contributed by atoms with van der Waals surface area (Å²) in [6.45, 7) is 0.182. The fourth-order valence-corrected chi connectivity index (χ4v) is 2.11. The van der Waals surface area contributed by atoms with Crippen molar-refractivity contribution in [1.29, 1.82) is 0 Å². The number of hydrogen-bond acceptors (Lipinski definition) is 5. The molecule has 0 atom stereocenters. The van der Waals surface area contributed by atoms with Crippen molar-refractivity contribution in [3.8, 4) is 11.5 Å². The number of aromatic nitrogens is 1. The van der Waals surface area contributed by atoms with Crippen molar-refractivity contribution in [2.24, 2.45) is 0 Å². The summed E-state index contributed by atoms with van der Waals surface area (Å²) in [5.74, 6) is -0.368. The van der Waals surface area contributed by atoms with Gasteiger partial charge in [-0.1, -0.05) is 5.16 Å². The maximum atomic E-state index is 12.4. The molecule has 7 nitrogen and oxygen atoms in total. The fraction of sp³-hybridized carbons (Fsp3) is 0.357. The smallest absolute Gasteiger partial charge is 0.305 e. The average Bonchev–Trinajstić information content (AvgIpc) is 2.96. The molecule has 1 amide bonds.